The Balaban J connectivity index is 1.95. The van der Waals surface area contributed by atoms with Crippen LogP contribution in [0.2, 0.25) is 5.02 Å². The Labute approximate surface area is 186 Å². The van der Waals surface area contributed by atoms with Crippen LogP contribution in [0.1, 0.15) is 41.6 Å². The molecule has 0 saturated heterocycles. The van der Waals surface area contributed by atoms with E-state index in [1.54, 1.807) is 0 Å². The molecule has 0 aliphatic rings. The number of hydrogen-bond donors (Lipinski definition) is 5. The number of H-pyrrole nitrogens is 1. The van der Waals surface area contributed by atoms with Gasteiger partial charge in [0, 0.05) is 5.39 Å². The van der Waals surface area contributed by atoms with E-state index in [2.05, 4.69) is 15.4 Å². The van der Waals surface area contributed by atoms with E-state index < -0.39 is 40.8 Å². The summed E-state index contributed by atoms with van der Waals surface area (Å²) in [5.74, 6) is -5.43. The summed E-state index contributed by atoms with van der Waals surface area (Å²) in [5.41, 5.74) is -3.21. The lowest BCUT2D eigenvalue weighted by Crippen LogP contribution is -2.19. The Morgan fingerprint density at radius 3 is 2.24 bits per heavy atom. The van der Waals surface area contributed by atoms with Gasteiger partial charge in [0.25, 0.3) is 5.91 Å². The van der Waals surface area contributed by atoms with Crippen LogP contribution in [0.4, 0.5) is 5.69 Å². The normalized spacial score (nSPS) is 10.9. The topological polar surface area (TPSA) is 191 Å². The molecule has 0 atom stereocenters. The number of carbonyl (C=O) groups excluding carboxylic acids is 1. The summed E-state index contributed by atoms with van der Waals surface area (Å²) in [6, 6.07) is 7.91. The molecule has 0 fully saturated rings. The second-order valence-electron chi connectivity index (χ2n) is 6.71. The highest BCUT2D eigenvalue weighted by Gasteiger charge is 2.27. The van der Waals surface area contributed by atoms with Crippen molar-refractivity contribution in [3.63, 3.8) is 0 Å². The van der Waals surface area contributed by atoms with Crippen molar-refractivity contribution in [3.05, 3.63) is 74.3 Å². The van der Waals surface area contributed by atoms with Gasteiger partial charge < -0.3 is 25.6 Å². The van der Waals surface area contributed by atoms with Crippen molar-refractivity contribution < 1.29 is 34.5 Å². The molecule has 33 heavy (non-hydrogen) atoms. The van der Waals surface area contributed by atoms with Gasteiger partial charge in [-0.15, -0.1) is 0 Å². The first-order chi connectivity index (χ1) is 15.6. The van der Waals surface area contributed by atoms with Crippen LogP contribution in [0.3, 0.4) is 0 Å². The monoisotopic (exact) mass is 470 g/mol. The summed E-state index contributed by atoms with van der Waals surface area (Å²) in [4.78, 5) is 62.2. The van der Waals surface area contributed by atoms with Gasteiger partial charge in [-0.05, 0) is 24.3 Å². The first kappa shape index (κ1) is 21.5. The molecule has 0 spiro atoms. The highest BCUT2D eigenvalue weighted by Crippen LogP contribution is 2.31. The van der Waals surface area contributed by atoms with E-state index in [0.29, 0.717) is 4.52 Å². The van der Waals surface area contributed by atoms with Gasteiger partial charge in [0.15, 0.2) is 5.69 Å². The average Bonchev–Trinajstić information content (AvgIpc) is 3.17. The zero-order chi connectivity index (χ0) is 24.0. The Hall–Kier alpha value is -4.71. The fourth-order valence-corrected chi connectivity index (χ4v) is 3.57. The van der Waals surface area contributed by atoms with E-state index >= 15 is 0 Å². The van der Waals surface area contributed by atoms with Gasteiger partial charge in [0.2, 0.25) is 0 Å². The van der Waals surface area contributed by atoms with Crippen molar-refractivity contribution >= 4 is 57.5 Å². The molecule has 0 radical (unpaired) electrons. The summed E-state index contributed by atoms with van der Waals surface area (Å²) in [5, 5.41) is 34.2. The zero-order valence-corrected chi connectivity index (χ0v) is 16.9. The van der Waals surface area contributed by atoms with E-state index in [-0.39, 0.29) is 38.3 Å². The fourth-order valence-electron chi connectivity index (χ4n) is 3.36. The Morgan fingerprint density at radius 1 is 0.970 bits per heavy atom. The largest absolute Gasteiger partial charge is 0.478 e. The quantitative estimate of drug-likeness (QED) is 0.290. The molecule has 2 heterocycles. The molecule has 13 heteroatoms. The number of aromatic carboxylic acids is 3. The molecule has 0 saturated carbocycles. The van der Waals surface area contributed by atoms with E-state index in [1.807, 2.05) is 0 Å². The van der Waals surface area contributed by atoms with Gasteiger partial charge in [0.1, 0.15) is 5.56 Å². The molecule has 4 rings (SSSR count). The van der Waals surface area contributed by atoms with E-state index in [1.165, 1.54) is 36.4 Å². The number of nitrogens with one attached hydrogen (secondary N) is 2. The van der Waals surface area contributed by atoms with Gasteiger partial charge in [0.05, 0.1) is 32.9 Å². The SMILES string of the molecule is O=C(O)c1ccccc1C(=O)Nc1cc2c(cc1Cl)[nH]c(=O)n1nc(C(=O)O)c(C(=O)O)c21. The number of hydrogen-bond acceptors (Lipinski definition) is 6. The number of rotatable bonds is 5. The lowest BCUT2D eigenvalue weighted by molar-refractivity contribution is 0.0649. The highest BCUT2D eigenvalue weighted by atomic mass is 35.5. The molecule has 0 bridgehead atoms. The van der Waals surface area contributed by atoms with Crippen LogP contribution < -0.4 is 11.0 Å². The maximum atomic E-state index is 12.7. The molecule has 0 aliphatic carbocycles. The lowest BCUT2D eigenvalue weighted by Gasteiger charge is -2.11. The first-order valence-corrected chi connectivity index (χ1v) is 9.36. The Bertz CT molecular complexity index is 1590. The number of benzene rings is 2. The summed E-state index contributed by atoms with van der Waals surface area (Å²) in [6.07, 6.45) is 0. The van der Waals surface area contributed by atoms with Gasteiger partial charge in [-0.25, -0.2) is 19.2 Å². The Kier molecular flexibility index (Phi) is 5.06. The minimum atomic E-state index is -1.66. The summed E-state index contributed by atoms with van der Waals surface area (Å²) >= 11 is 6.21. The number of carboxylic acids is 3. The van der Waals surface area contributed by atoms with E-state index in [9.17, 15) is 39.3 Å². The van der Waals surface area contributed by atoms with Crippen molar-refractivity contribution in [1.29, 1.82) is 0 Å². The van der Waals surface area contributed by atoms with Gasteiger partial charge in [-0.3, -0.25) is 4.79 Å². The maximum absolute atomic E-state index is 12.7. The second kappa shape index (κ2) is 7.76. The smallest absolute Gasteiger partial charge is 0.357 e. The van der Waals surface area contributed by atoms with Crippen LogP contribution in [-0.2, 0) is 0 Å². The Morgan fingerprint density at radius 2 is 1.64 bits per heavy atom. The van der Waals surface area contributed by atoms with Crippen molar-refractivity contribution in [2.75, 3.05) is 5.32 Å². The number of fused-ring (bicyclic) bond motifs is 3. The van der Waals surface area contributed by atoms with E-state index in [4.69, 9.17) is 11.6 Å². The summed E-state index contributed by atoms with van der Waals surface area (Å²) in [7, 11) is 0. The predicted molar refractivity (Wildman–Crippen MR) is 114 cm³/mol. The molecule has 0 aliphatic heterocycles. The fraction of sp³-hybridized carbons (Fsp3) is 0. The van der Waals surface area contributed by atoms with Crippen molar-refractivity contribution in [1.82, 2.24) is 14.6 Å². The summed E-state index contributed by atoms with van der Waals surface area (Å²) in [6.45, 7) is 0. The summed E-state index contributed by atoms with van der Waals surface area (Å²) < 4.78 is 0.592. The molecule has 166 valence electrons. The molecular formula is C20H11ClN4O8. The molecule has 12 nitrogen and oxygen atoms in total. The first-order valence-electron chi connectivity index (χ1n) is 8.98. The maximum Gasteiger partial charge on any atom is 0.357 e. The van der Waals surface area contributed by atoms with Crippen molar-refractivity contribution in [3.8, 4) is 0 Å². The molecular weight excluding hydrogens is 460 g/mol. The number of carboxylic acid groups (broad SMARTS) is 3. The number of carbonyl (C=O) groups is 4. The number of halogens is 1. The van der Waals surface area contributed by atoms with Gasteiger partial charge in [-0.2, -0.15) is 9.61 Å². The lowest BCUT2D eigenvalue weighted by atomic mass is 10.1. The van der Waals surface area contributed by atoms with Crippen LogP contribution in [0, 0.1) is 0 Å². The second-order valence-corrected chi connectivity index (χ2v) is 7.11. The van der Waals surface area contributed by atoms with Gasteiger partial charge >= 0.3 is 23.6 Å². The van der Waals surface area contributed by atoms with Crippen LogP contribution in [-0.4, -0.2) is 53.7 Å². The minimum absolute atomic E-state index is 0.0261. The third kappa shape index (κ3) is 3.53. The van der Waals surface area contributed by atoms with Crippen LogP contribution >= 0.6 is 11.6 Å². The third-order valence-electron chi connectivity index (χ3n) is 4.75. The molecule has 2 aromatic carbocycles. The number of aromatic amines is 1. The van der Waals surface area contributed by atoms with Crippen LogP contribution in [0.15, 0.2) is 41.2 Å². The number of anilines is 1. The van der Waals surface area contributed by atoms with Crippen LogP contribution in [0.25, 0.3) is 16.4 Å². The van der Waals surface area contributed by atoms with Crippen molar-refractivity contribution in [2.24, 2.45) is 0 Å². The average molecular weight is 471 g/mol. The molecule has 1 amide bonds. The number of amides is 1. The van der Waals surface area contributed by atoms with Gasteiger partial charge in [-0.1, -0.05) is 23.7 Å². The zero-order valence-electron chi connectivity index (χ0n) is 16.1. The molecule has 5 N–H and O–H groups in total. The number of aromatic nitrogens is 3. The minimum Gasteiger partial charge on any atom is -0.478 e. The number of nitrogens with zero attached hydrogens (tertiary/aromatic N) is 2. The van der Waals surface area contributed by atoms with Crippen LogP contribution in [0.5, 0.6) is 0 Å². The predicted octanol–water partition coefficient (Wildman–Crippen LogP) is 2.18. The van der Waals surface area contributed by atoms with Crippen molar-refractivity contribution in [2.45, 2.75) is 0 Å². The third-order valence-corrected chi connectivity index (χ3v) is 5.06. The molecule has 0 unspecified atom stereocenters. The standard InChI is InChI=1S/C20H11ClN4O8/c21-10-6-11-9(5-12(10)22-16(26)7-3-1-2-4-8(7)17(27)28)15-13(18(29)30)14(19(31)32)24-25(15)20(33)23-11/h1-6H,(H,22,26)(H,23,33)(H,27,28)(H,29,30)(H,31,32). The highest BCUT2D eigenvalue weighted by molar-refractivity contribution is 6.35. The molecule has 2 aromatic heterocycles. The molecule has 4 aromatic rings. The van der Waals surface area contributed by atoms with E-state index in [0.717, 1.165) is 0 Å².